The molecule has 0 N–H and O–H groups in total. The summed E-state index contributed by atoms with van der Waals surface area (Å²) in [6.07, 6.45) is 70.1. The van der Waals surface area contributed by atoms with Gasteiger partial charge in [-0.1, -0.05) is 276 Å². The largest absolute Gasteiger partial charge is 0.462 e. The Labute approximate surface area is 429 Å². The molecule has 0 heterocycles. The second kappa shape index (κ2) is 58.2. The molecule has 1 unspecified atom stereocenters. The van der Waals surface area contributed by atoms with Gasteiger partial charge in [-0.25, -0.2) is 0 Å². The van der Waals surface area contributed by atoms with Crippen LogP contribution in [0.15, 0.2) is 36.5 Å². The summed E-state index contributed by atoms with van der Waals surface area (Å²) >= 11 is 0. The standard InChI is InChI=1S/C63H116O6/c1-4-7-10-13-16-19-22-24-26-27-28-29-30-31-32-33-34-35-37-38-41-44-47-50-53-56-62(65)68-59-60(58-67-61(64)55-52-49-46-43-40-21-18-15-12-9-6-3)69-63(66)57-54-51-48-45-42-39-36-25-23-20-17-14-11-8-5-2/h15,18,22,24,27-28,60H,4-14,16-17,19-21,23,25-26,29-59H2,1-3H3/b18-15-,24-22-,28-27-. The van der Waals surface area contributed by atoms with Gasteiger partial charge in [0.05, 0.1) is 0 Å². The minimum Gasteiger partial charge on any atom is -0.462 e. The predicted octanol–water partition coefficient (Wildman–Crippen LogP) is 20.4. The molecule has 0 fully saturated rings. The first-order valence-electron chi connectivity index (χ1n) is 30.5. The second-order valence-corrected chi connectivity index (χ2v) is 20.6. The van der Waals surface area contributed by atoms with E-state index in [1.54, 1.807) is 0 Å². The Morgan fingerprint density at radius 3 is 0.855 bits per heavy atom. The van der Waals surface area contributed by atoms with Gasteiger partial charge >= 0.3 is 17.9 Å². The van der Waals surface area contributed by atoms with Crippen molar-refractivity contribution in [2.45, 2.75) is 335 Å². The van der Waals surface area contributed by atoms with Crippen molar-refractivity contribution in [1.29, 1.82) is 0 Å². The van der Waals surface area contributed by atoms with Crippen LogP contribution in [0.5, 0.6) is 0 Å². The lowest BCUT2D eigenvalue weighted by atomic mass is 10.0. The van der Waals surface area contributed by atoms with Gasteiger partial charge in [0.25, 0.3) is 0 Å². The first-order chi connectivity index (χ1) is 34.0. The van der Waals surface area contributed by atoms with Crippen molar-refractivity contribution < 1.29 is 28.6 Å². The van der Waals surface area contributed by atoms with Gasteiger partial charge in [-0.3, -0.25) is 14.4 Å². The van der Waals surface area contributed by atoms with E-state index in [4.69, 9.17) is 14.2 Å². The highest BCUT2D eigenvalue weighted by Gasteiger charge is 2.19. The molecule has 0 radical (unpaired) electrons. The maximum absolute atomic E-state index is 12.8. The highest BCUT2D eigenvalue weighted by molar-refractivity contribution is 5.71. The number of allylic oxidation sites excluding steroid dienone is 6. The minimum atomic E-state index is -0.772. The van der Waals surface area contributed by atoms with E-state index in [9.17, 15) is 14.4 Å². The number of hydrogen-bond donors (Lipinski definition) is 0. The lowest BCUT2D eigenvalue weighted by Crippen LogP contribution is -2.30. The van der Waals surface area contributed by atoms with Gasteiger partial charge in [0, 0.05) is 19.3 Å². The molecule has 69 heavy (non-hydrogen) atoms. The SMILES string of the molecule is CCCC/C=C\CCCCCCCC(=O)OCC(COC(=O)CCCCCCCCCCCCCCC/C=C\C/C=C\CCCCCCC)OC(=O)CCCCCCCCCCCCCCCCC. The van der Waals surface area contributed by atoms with Crippen molar-refractivity contribution in [3.05, 3.63) is 36.5 Å². The van der Waals surface area contributed by atoms with E-state index in [0.717, 1.165) is 70.6 Å². The topological polar surface area (TPSA) is 78.9 Å². The molecule has 0 aliphatic heterocycles. The highest BCUT2D eigenvalue weighted by atomic mass is 16.6. The van der Waals surface area contributed by atoms with Gasteiger partial charge in [-0.15, -0.1) is 0 Å². The Hall–Kier alpha value is -2.37. The lowest BCUT2D eigenvalue weighted by Gasteiger charge is -2.18. The highest BCUT2D eigenvalue weighted by Crippen LogP contribution is 2.17. The molecule has 0 spiro atoms. The molecule has 6 heteroatoms. The number of carbonyl (C=O) groups excluding carboxylic acids is 3. The molecule has 1 atom stereocenters. The molecule has 0 aromatic heterocycles. The Morgan fingerprint density at radius 1 is 0.290 bits per heavy atom. The second-order valence-electron chi connectivity index (χ2n) is 20.6. The molecule has 0 saturated carbocycles. The summed E-state index contributed by atoms with van der Waals surface area (Å²) in [5.74, 6) is -0.863. The predicted molar refractivity (Wildman–Crippen MR) is 298 cm³/mol. The molecule has 6 nitrogen and oxygen atoms in total. The molecular formula is C63H116O6. The molecule has 0 aromatic carbocycles. The van der Waals surface area contributed by atoms with E-state index in [0.29, 0.717) is 19.3 Å². The molecule has 0 rings (SSSR count). The fourth-order valence-electron chi connectivity index (χ4n) is 8.99. The van der Waals surface area contributed by atoms with Gasteiger partial charge in [0.15, 0.2) is 6.10 Å². The summed E-state index contributed by atoms with van der Waals surface area (Å²) in [7, 11) is 0. The minimum absolute atomic E-state index is 0.0710. The van der Waals surface area contributed by atoms with Crippen LogP contribution < -0.4 is 0 Å². The van der Waals surface area contributed by atoms with E-state index in [-0.39, 0.29) is 31.1 Å². The lowest BCUT2D eigenvalue weighted by molar-refractivity contribution is -0.167. The number of carbonyl (C=O) groups is 3. The third-order valence-electron chi connectivity index (χ3n) is 13.6. The van der Waals surface area contributed by atoms with Crippen LogP contribution in [0.4, 0.5) is 0 Å². The van der Waals surface area contributed by atoms with Gasteiger partial charge in [-0.05, 0) is 70.6 Å². The van der Waals surface area contributed by atoms with Crippen LogP contribution >= 0.6 is 0 Å². The molecule has 0 bridgehead atoms. The summed E-state index contributed by atoms with van der Waals surface area (Å²) in [6.45, 7) is 6.63. The van der Waals surface area contributed by atoms with Gasteiger partial charge in [-0.2, -0.15) is 0 Å². The van der Waals surface area contributed by atoms with Crippen molar-refractivity contribution in [2.75, 3.05) is 13.2 Å². The normalized spacial score (nSPS) is 12.2. The van der Waals surface area contributed by atoms with Gasteiger partial charge in [0.1, 0.15) is 13.2 Å². The van der Waals surface area contributed by atoms with Crippen molar-refractivity contribution in [1.82, 2.24) is 0 Å². The average molecular weight is 970 g/mol. The molecular weight excluding hydrogens is 853 g/mol. The van der Waals surface area contributed by atoms with Crippen molar-refractivity contribution in [2.24, 2.45) is 0 Å². The summed E-state index contributed by atoms with van der Waals surface area (Å²) < 4.78 is 16.9. The fraction of sp³-hybridized carbons (Fsp3) is 0.857. The molecule has 0 aliphatic carbocycles. The Balaban J connectivity index is 4.20. The Kier molecular flexibility index (Phi) is 56.2. The van der Waals surface area contributed by atoms with Crippen LogP contribution in [0, 0.1) is 0 Å². The zero-order chi connectivity index (χ0) is 50.0. The van der Waals surface area contributed by atoms with Crippen molar-refractivity contribution >= 4 is 17.9 Å². The summed E-state index contributed by atoms with van der Waals surface area (Å²) in [5.41, 5.74) is 0. The maximum atomic E-state index is 12.8. The van der Waals surface area contributed by atoms with Crippen molar-refractivity contribution in [3.8, 4) is 0 Å². The quantitative estimate of drug-likeness (QED) is 0.0261. The van der Waals surface area contributed by atoms with E-state index >= 15 is 0 Å². The summed E-state index contributed by atoms with van der Waals surface area (Å²) in [6, 6.07) is 0. The molecule has 0 amide bonds. The third kappa shape index (κ3) is 56.4. The first-order valence-corrected chi connectivity index (χ1v) is 30.5. The molecule has 0 aliphatic rings. The average Bonchev–Trinajstić information content (AvgIpc) is 3.35. The number of rotatable bonds is 56. The monoisotopic (exact) mass is 969 g/mol. The molecule has 0 aromatic rings. The van der Waals surface area contributed by atoms with E-state index in [1.807, 2.05) is 0 Å². The van der Waals surface area contributed by atoms with Crippen molar-refractivity contribution in [3.63, 3.8) is 0 Å². The molecule has 0 saturated heterocycles. The van der Waals surface area contributed by atoms with Gasteiger partial charge < -0.3 is 14.2 Å². The van der Waals surface area contributed by atoms with E-state index in [2.05, 4.69) is 57.2 Å². The van der Waals surface area contributed by atoms with Crippen LogP contribution in [0.25, 0.3) is 0 Å². The van der Waals surface area contributed by atoms with Crippen LogP contribution in [0.1, 0.15) is 329 Å². The Bertz CT molecular complexity index is 1160. The zero-order valence-corrected chi connectivity index (χ0v) is 46.3. The van der Waals surface area contributed by atoms with E-state index in [1.165, 1.54) is 218 Å². The number of esters is 3. The number of ether oxygens (including phenoxy) is 3. The number of hydrogen-bond acceptors (Lipinski definition) is 6. The van der Waals surface area contributed by atoms with Crippen LogP contribution in [0.2, 0.25) is 0 Å². The molecule has 404 valence electrons. The van der Waals surface area contributed by atoms with Crippen LogP contribution in [0.3, 0.4) is 0 Å². The van der Waals surface area contributed by atoms with Crippen LogP contribution in [-0.4, -0.2) is 37.2 Å². The van der Waals surface area contributed by atoms with E-state index < -0.39 is 6.10 Å². The summed E-state index contributed by atoms with van der Waals surface area (Å²) in [5, 5.41) is 0. The maximum Gasteiger partial charge on any atom is 0.306 e. The zero-order valence-electron chi connectivity index (χ0n) is 46.3. The summed E-state index contributed by atoms with van der Waals surface area (Å²) in [4.78, 5) is 38.1. The Morgan fingerprint density at radius 2 is 0.536 bits per heavy atom. The third-order valence-corrected chi connectivity index (χ3v) is 13.6. The fourth-order valence-corrected chi connectivity index (χ4v) is 8.99. The first kappa shape index (κ1) is 66.6. The number of unbranched alkanes of at least 4 members (excludes halogenated alkanes) is 39. The van der Waals surface area contributed by atoms with Gasteiger partial charge in [0.2, 0.25) is 0 Å². The van der Waals surface area contributed by atoms with Crippen LogP contribution in [-0.2, 0) is 28.6 Å². The smallest absolute Gasteiger partial charge is 0.306 e.